The Balaban J connectivity index is 2.70. The van der Waals surface area contributed by atoms with E-state index < -0.39 is 11.7 Å². The van der Waals surface area contributed by atoms with Crippen molar-refractivity contribution in [2.75, 3.05) is 0 Å². The van der Waals surface area contributed by atoms with Crippen LogP contribution in [0.15, 0.2) is 18.2 Å². The third-order valence-electron chi connectivity index (χ3n) is 1.99. The molecule has 1 aromatic heterocycles. The highest BCUT2D eigenvalue weighted by Crippen LogP contribution is 2.33. The van der Waals surface area contributed by atoms with Gasteiger partial charge in [0.05, 0.1) is 17.0 Å². The Morgan fingerprint density at radius 1 is 1.33 bits per heavy atom. The Labute approximate surface area is 88.1 Å². The van der Waals surface area contributed by atoms with Crippen molar-refractivity contribution in [1.82, 2.24) is 9.97 Å². The molecule has 0 bridgehead atoms. The molecule has 2 aromatic rings. The molecule has 0 aliphatic rings. The van der Waals surface area contributed by atoms with Crippen molar-refractivity contribution in [1.29, 1.82) is 0 Å². The number of hydrogen-bond donors (Lipinski definition) is 1. The van der Waals surface area contributed by atoms with E-state index in [1.54, 1.807) is 0 Å². The Morgan fingerprint density at radius 3 is 2.67 bits per heavy atom. The van der Waals surface area contributed by atoms with Gasteiger partial charge in [0.25, 0.3) is 0 Å². The van der Waals surface area contributed by atoms with Crippen LogP contribution in [0.25, 0.3) is 11.0 Å². The van der Waals surface area contributed by atoms with E-state index in [1.807, 2.05) is 0 Å². The predicted molar refractivity (Wildman–Crippen MR) is 50.7 cm³/mol. The van der Waals surface area contributed by atoms with Crippen molar-refractivity contribution in [2.24, 2.45) is 0 Å². The first-order valence-corrected chi connectivity index (χ1v) is 4.66. The minimum absolute atomic E-state index is 0.0615. The van der Waals surface area contributed by atoms with Crippen LogP contribution in [0.4, 0.5) is 13.2 Å². The Kier molecular flexibility index (Phi) is 2.34. The second kappa shape index (κ2) is 3.41. The molecule has 6 heteroatoms. The van der Waals surface area contributed by atoms with E-state index in [0.29, 0.717) is 11.3 Å². The summed E-state index contributed by atoms with van der Waals surface area (Å²) in [6, 6.07) is 3.87. The molecule has 2 nitrogen and oxygen atoms in total. The van der Waals surface area contributed by atoms with Crippen LogP contribution in [0.5, 0.6) is 0 Å². The van der Waals surface area contributed by atoms with E-state index in [9.17, 15) is 13.2 Å². The molecule has 1 N–H and O–H groups in total. The van der Waals surface area contributed by atoms with Gasteiger partial charge in [-0.1, -0.05) is 6.07 Å². The van der Waals surface area contributed by atoms with Gasteiger partial charge < -0.3 is 4.98 Å². The van der Waals surface area contributed by atoms with E-state index in [2.05, 4.69) is 9.97 Å². The molecule has 0 fully saturated rings. The lowest BCUT2D eigenvalue weighted by molar-refractivity contribution is -0.136. The first kappa shape index (κ1) is 10.3. The van der Waals surface area contributed by atoms with Gasteiger partial charge in [-0.2, -0.15) is 13.2 Å². The van der Waals surface area contributed by atoms with Crippen LogP contribution < -0.4 is 0 Å². The molecule has 0 aliphatic heterocycles. The fraction of sp³-hybridized carbons (Fsp3) is 0.222. The minimum Gasteiger partial charge on any atom is -0.341 e. The van der Waals surface area contributed by atoms with Gasteiger partial charge in [-0.3, -0.25) is 0 Å². The van der Waals surface area contributed by atoms with Crippen LogP contribution in [0.3, 0.4) is 0 Å². The standard InChI is InChI=1S/C9H6ClF3N2/c10-4-7-14-6-3-1-2-5(8(6)15-7)9(11,12)13/h1-3H,4H2,(H,14,15). The number of aromatic amines is 1. The maximum Gasteiger partial charge on any atom is 0.418 e. The number of hydrogen-bond acceptors (Lipinski definition) is 1. The zero-order valence-electron chi connectivity index (χ0n) is 7.40. The molecule has 1 aromatic carbocycles. The van der Waals surface area contributed by atoms with Crippen molar-refractivity contribution in [3.05, 3.63) is 29.6 Å². The summed E-state index contributed by atoms with van der Waals surface area (Å²) in [5, 5.41) is 0. The molecule has 0 amide bonds. The van der Waals surface area contributed by atoms with Crippen molar-refractivity contribution in [3.8, 4) is 0 Å². The molecule has 0 unspecified atom stereocenters. The number of alkyl halides is 4. The van der Waals surface area contributed by atoms with E-state index >= 15 is 0 Å². The Hall–Kier alpha value is -1.23. The number of imidazole rings is 1. The summed E-state index contributed by atoms with van der Waals surface area (Å²) in [5.41, 5.74) is -0.478. The van der Waals surface area contributed by atoms with Crippen LogP contribution >= 0.6 is 11.6 Å². The summed E-state index contributed by atoms with van der Waals surface area (Å²) in [7, 11) is 0. The van der Waals surface area contributed by atoms with Gasteiger partial charge >= 0.3 is 6.18 Å². The molecule has 15 heavy (non-hydrogen) atoms. The lowest BCUT2D eigenvalue weighted by Gasteiger charge is -2.05. The van der Waals surface area contributed by atoms with Crippen molar-refractivity contribution in [2.45, 2.75) is 12.1 Å². The monoisotopic (exact) mass is 234 g/mol. The Bertz CT molecular complexity index is 490. The van der Waals surface area contributed by atoms with Crippen LogP contribution in [0.2, 0.25) is 0 Å². The van der Waals surface area contributed by atoms with Crippen molar-refractivity contribution >= 4 is 22.6 Å². The Morgan fingerprint density at radius 2 is 2.07 bits per heavy atom. The van der Waals surface area contributed by atoms with E-state index in [0.717, 1.165) is 6.07 Å². The topological polar surface area (TPSA) is 28.7 Å². The van der Waals surface area contributed by atoms with E-state index in [4.69, 9.17) is 11.6 Å². The van der Waals surface area contributed by atoms with Crippen molar-refractivity contribution in [3.63, 3.8) is 0 Å². The van der Waals surface area contributed by atoms with Crippen LogP contribution in [0.1, 0.15) is 11.4 Å². The third kappa shape index (κ3) is 1.79. The summed E-state index contributed by atoms with van der Waals surface area (Å²) >= 11 is 5.49. The second-order valence-electron chi connectivity index (χ2n) is 3.02. The van der Waals surface area contributed by atoms with Gasteiger partial charge in [-0.25, -0.2) is 4.98 Å². The molecule has 1 heterocycles. The zero-order chi connectivity index (χ0) is 11.1. The average molecular weight is 235 g/mol. The number of nitrogens with zero attached hydrogens (tertiary/aromatic N) is 1. The predicted octanol–water partition coefficient (Wildman–Crippen LogP) is 3.32. The number of halogens is 4. The summed E-state index contributed by atoms with van der Waals surface area (Å²) in [4.78, 5) is 6.50. The molecule has 2 rings (SSSR count). The van der Waals surface area contributed by atoms with Gasteiger partial charge in [0.15, 0.2) is 0 Å². The fourth-order valence-electron chi connectivity index (χ4n) is 1.38. The quantitative estimate of drug-likeness (QED) is 0.754. The number of nitrogens with one attached hydrogen (secondary N) is 1. The average Bonchev–Trinajstić information content (AvgIpc) is 2.57. The highest BCUT2D eigenvalue weighted by molar-refractivity contribution is 6.16. The molecular formula is C9H6ClF3N2. The minimum atomic E-state index is -4.39. The van der Waals surface area contributed by atoms with E-state index in [1.165, 1.54) is 12.1 Å². The van der Waals surface area contributed by atoms with Gasteiger partial charge in [0, 0.05) is 0 Å². The molecule has 0 atom stereocenters. The summed E-state index contributed by atoms with van der Waals surface area (Å²) in [5.74, 6) is 0.398. The lowest BCUT2D eigenvalue weighted by atomic mass is 10.2. The number of para-hydroxylation sites is 1. The van der Waals surface area contributed by atoms with Crippen LogP contribution in [0, 0.1) is 0 Å². The summed E-state index contributed by atoms with van der Waals surface area (Å²) < 4.78 is 37.6. The van der Waals surface area contributed by atoms with Crippen LogP contribution in [-0.4, -0.2) is 9.97 Å². The van der Waals surface area contributed by atoms with Crippen LogP contribution in [-0.2, 0) is 12.1 Å². The SMILES string of the molecule is FC(F)(F)c1cccc2[nH]c(CCl)nc12. The number of aromatic nitrogens is 2. The van der Waals surface area contributed by atoms with E-state index in [-0.39, 0.29) is 11.4 Å². The molecule has 0 spiro atoms. The third-order valence-corrected chi connectivity index (χ3v) is 2.25. The number of H-pyrrole nitrogens is 1. The molecule has 0 saturated carbocycles. The number of benzene rings is 1. The van der Waals surface area contributed by atoms with Gasteiger partial charge in [-0.15, -0.1) is 11.6 Å². The molecule has 0 saturated heterocycles. The zero-order valence-corrected chi connectivity index (χ0v) is 8.15. The van der Waals surface area contributed by atoms with Gasteiger partial charge in [-0.05, 0) is 12.1 Å². The second-order valence-corrected chi connectivity index (χ2v) is 3.28. The molecule has 80 valence electrons. The molecule has 0 aliphatic carbocycles. The normalized spacial score (nSPS) is 12.3. The highest BCUT2D eigenvalue weighted by atomic mass is 35.5. The lowest BCUT2D eigenvalue weighted by Crippen LogP contribution is -2.05. The maximum absolute atomic E-state index is 12.5. The summed E-state index contributed by atoms with van der Waals surface area (Å²) in [6.07, 6.45) is -4.39. The summed E-state index contributed by atoms with van der Waals surface area (Å²) in [6.45, 7) is 0. The maximum atomic E-state index is 12.5. The largest absolute Gasteiger partial charge is 0.418 e. The first-order valence-electron chi connectivity index (χ1n) is 4.13. The van der Waals surface area contributed by atoms with Gasteiger partial charge in [0.2, 0.25) is 0 Å². The number of fused-ring (bicyclic) bond motifs is 1. The highest BCUT2D eigenvalue weighted by Gasteiger charge is 2.33. The van der Waals surface area contributed by atoms with Gasteiger partial charge in [0.1, 0.15) is 11.3 Å². The first-order chi connectivity index (χ1) is 7.02. The molecule has 0 radical (unpaired) electrons. The van der Waals surface area contributed by atoms with Crippen molar-refractivity contribution < 1.29 is 13.2 Å². The molecular weight excluding hydrogens is 229 g/mol. The number of rotatable bonds is 1. The smallest absolute Gasteiger partial charge is 0.341 e. The fourth-order valence-corrected chi connectivity index (χ4v) is 1.50.